The van der Waals surface area contributed by atoms with Crippen LogP contribution in [0, 0.1) is 30.1 Å². The minimum absolute atomic E-state index is 0.0702. The third-order valence-electron chi connectivity index (χ3n) is 7.73. The van der Waals surface area contributed by atoms with Crippen LogP contribution in [0.15, 0.2) is 29.2 Å². The van der Waals surface area contributed by atoms with E-state index in [1.807, 2.05) is 19.1 Å². The van der Waals surface area contributed by atoms with Gasteiger partial charge in [-0.1, -0.05) is 6.07 Å². The molecule has 1 atom stereocenters. The van der Waals surface area contributed by atoms with Gasteiger partial charge in [0.15, 0.2) is 0 Å². The summed E-state index contributed by atoms with van der Waals surface area (Å²) in [5, 5.41) is 3.32. The van der Waals surface area contributed by atoms with Crippen LogP contribution in [-0.4, -0.2) is 27.1 Å². The van der Waals surface area contributed by atoms with Crippen molar-refractivity contribution in [2.75, 3.05) is 5.75 Å². The fourth-order valence-corrected chi connectivity index (χ4v) is 7.45. The molecule has 5 nitrogen and oxygen atoms in total. The Labute approximate surface area is 182 Å². The molecular formula is C24H31N3O2S. The molecule has 0 saturated heterocycles. The molecule has 4 aliphatic rings. The van der Waals surface area contributed by atoms with E-state index in [4.69, 9.17) is 0 Å². The van der Waals surface area contributed by atoms with Gasteiger partial charge >= 0.3 is 0 Å². The average molecular weight is 426 g/mol. The number of amides is 1. The highest BCUT2D eigenvalue weighted by atomic mass is 32.2. The van der Waals surface area contributed by atoms with Crippen LogP contribution in [-0.2, 0) is 10.5 Å². The van der Waals surface area contributed by atoms with Gasteiger partial charge in [0.05, 0.1) is 11.4 Å². The van der Waals surface area contributed by atoms with Crippen LogP contribution in [0.5, 0.6) is 0 Å². The van der Waals surface area contributed by atoms with Crippen molar-refractivity contribution in [3.63, 3.8) is 0 Å². The van der Waals surface area contributed by atoms with Crippen molar-refractivity contribution < 1.29 is 4.79 Å². The molecule has 1 N–H and O–H groups in total. The summed E-state index contributed by atoms with van der Waals surface area (Å²) in [7, 11) is 0. The summed E-state index contributed by atoms with van der Waals surface area (Å²) in [4.78, 5) is 29.5. The Kier molecular flexibility index (Phi) is 5.16. The molecule has 4 bridgehead atoms. The normalized spacial score (nSPS) is 30.5. The van der Waals surface area contributed by atoms with Crippen LogP contribution in [0.4, 0.5) is 0 Å². The van der Waals surface area contributed by atoms with Gasteiger partial charge in [-0.05, 0) is 87.2 Å². The zero-order chi connectivity index (χ0) is 20.9. The number of rotatable bonds is 6. The Hall–Kier alpha value is -1.82. The molecular weight excluding hydrogens is 394 g/mol. The van der Waals surface area contributed by atoms with Crippen molar-refractivity contribution in [3.05, 3.63) is 46.0 Å². The lowest BCUT2D eigenvalue weighted by Gasteiger charge is -2.59. The predicted molar refractivity (Wildman–Crippen MR) is 121 cm³/mol. The lowest BCUT2D eigenvalue weighted by Crippen LogP contribution is -2.56. The van der Waals surface area contributed by atoms with E-state index in [-0.39, 0.29) is 17.5 Å². The first-order valence-electron chi connectivity index (χ1n) is 11.3. The van der Waals surface area contributed by atoms with E-state index >= 15 is 0 Å². The standard InChI is InChI=1S/C24H31N3O2S/c1-15-3-4-21-26-20(8-23(29)27(21)12-15)13-30-14-22(28)25-16(2)24-9-17-5-18(10-24)7-19(6-17)11-24/h3-4,8,12,16-19H,5-7,9-11,13-14H2,1-2H3,(H,25,28)/t16-,17?,18?,19?,24?/m1/s1. The SMILES string of the molecule is Cc1ccc2nc(CSCC(=O)N[C@H](C)C34CC5CC(CC(C5)C3)C4)cc(=O)n2c1. The summed E-state index contributed by atoms with van der Waals surface area (Å²) in [6.45, 7) is 4.18. The van der Waals surface area contributed by atoms with Crippen molar-refractivity contribution in [2.45, 2.75) is 64.2 Å². The summed E-state index contributed by atoms with van der Waals surface area (Å²) in [6.07, 6.45) is 9.99. The number of thioether (sulfide) groups is 1. The van der Waals surface area contributed by atoms with Crippen LogP contribution in [0.2, 0.25) is 0 Å². The van der Waals surface area contributed by atoms with E-state index in [1.54, 1.807) is 16.7 Å². The van der Waals surface area contributed by atoms with E-state index in [2.05, 4.69) is 17.2 Å². The van der Waals surface area contributed by atoms with Crippen molar-refractivity contribution in [2.24, 2.45) is 23.2 Å². The van der Waals surface area contributed by atoms with Crippen molar-refractivity contribution in [1.29, 1.82) is 0 Å². The largest absolute Gasteiger partial charge is 0.352 e. The number of carbonyl (C=O) groups excluding carboxylic acids is 1. The maximum absolute atomic E-state index is 12.6. The third kappa shape index (κ3) is 3.79. The third-order valence-corrected chi connectivity index (χ3v) is 8.69. The number of aryl methyl sites for hydroxylation is 1. The highest BCUT2D eigenvalue weighted by molar-refractivity contribution is 7.99. The smallest absolute Gasteiger partial charge is 0.258 e. The molecule has 4 saturated carbocycles. The Bertz CT molecular complexity index is 995. The van der Waals surface area contributed by atoms with Crippen LogP contribution >= 0.6 is 11.8 Å². The second-order valence-corrected chi connectivity index (χ2v) is 11.1. The number of carbonyl (C=O) groups is 1. The van der Waals surface area contributed by atoms with E-state index < -0.39 is 0 Å². The monoisotopic (exact) mass is 425 g/mol. The van der Waals surface area contributed by atoms with Gasteiger partial charge in [0.25, 0.3) is 5.56 Å². The van der Waals surface area contributed by atoms with Crippen molar-refractivity contribution >= 4 is 23.3 Å². The molecule has 2 aromatic rings. The molecule has 0 aromatic carbocycles. The highest BCUT2D eigenvalue weighted by Crippen LogP contribution is 2.61. The Morgan fingerprint density at radius 2 is 1.90 bits per heavy atom. The number of nitrogens with zero attached hydrogens (tertiary/aromatic N) is 2. The summed E-state index contributed by atoms with van der Waals surface area (Å²) in [5.74, 6) is 3.77. The summed E-state index contributed by atoms with van der Waals surface area (Å²) >= 11 is 1.53. The molecule has 30 heavy (non-hydrogen) atoms. The van der Waals surface area contributed by atoms with E-state index in [0.29, 0.717) is 22.6 Å². The minimum atomic E-state index is -0.0702. The maximum Gasteiger partial charge on any atom is 0.258 e. The van der Waals surface area contributed by atoms with Gasteiger partial charge in [0.1, 0.15) is 5.65 Å². The molecule has 1 amide bonds. The van der Waals surface area contributed by atoms with Gasteiger partial charge in [-0.2, -0.15) is 0 Å². The van der Waals surface area contributed by atoms with Gasteiger partial charge in [0.2, 0.25) is 5.91 Å². The average Bonchev–Trinajstić information content (AvgIpc) is 2.67. The quantitative estimate of drug-likeness (QED) is 0.761. The molecule has 6 heteroatoms. The maximum atomic E-state index is 12.6. The minimum Gasteiger partial charge on any atom is -0.352 e. The molecule has 2 heterocycles. The predicted octanol–water partition coefficient (Wildman–Crippen LogP) is 3.96. The van der Waals surface area contributed by atoms with Gasteiger partial charge in [-0.3, -0.25) is 14.0 Å². The number of nitrogens with one attached hydrogen (secondary N) is 1. The van der Waals surface area contributed by atoms with Gasteiger partial charge in [-0.15, -0.1) is 11.8 Å². The first-order chi connectivity index (χ1) is 14.4. The van der Waals surface area contributed by atoms with E-state index in [9.17, 15) is 9.59 Å². The molecule has 4 fully saturated rings. The van der Waals surface area contributed by atoms with Crippen LogP contribution in [0.3, 0.4) is 0 Å². The molecule has 6 rings (SSSR count). The lowest BCUT2D eigenvalue weighted by molar-refractivity contribution is -0.123. The number of pyridine rings is 1. The summed E-state index contributed by atoms with van der Waals surface area (Å²) in [6, 6.07) is 5.66. The zero-order valence-electron chi connectivity index (χ0n) is 17.9. The molecule has 0 radical (unpaired) electrons. The second-order valence-electron chi connectivity index (χ2n) is 10.1. The first-order valence-corrected chi connectivity index (χ1v) is 12.4. The number of aromatic nitrogens is 2. The molecule has 0 spiro atoms. The fraction of sp³-hybridized carbons (Fsp3) is 0.625. The molecule has 0 aliphatic heterocycles. The molecule has 2 aromatic heterocycles. The van der Waals surface area contributed by atoms with E-state index in [0.717, 1.165) is 29.0 Å². The number of hydrogen-bond acceptors (Lipinski definition) is 4. The van der Waals surface area contributed by atoms with Crippen molar-refractivity contribution in [1.82, 2.24) is 14.7 Å². The number of hydrogen-bond donors (Lipinski definition) is 1. The molecule has 4 aliphatic carbocycles. The van der Waals surface area contributed by atoms with Crippen molar-refractivity contribution in [3.8, 4) is 0 Å². The Morgan fingerprint density at radius 1 is 1.23 bits per heavy atom. The van der Waals surface area contributed by atoms with Crippen LogP contribution in [0.1, 0.15) is 56.7 Å². The number of fused-ring (bicyclic) bond motifs is 1. The Morgan fingerprint density at radius 3 is 2.57 bits per heavy atom. The van der Waals surface area contributed by atoms with Crippen LogP contribution < -0.4 is 10.9 Å². The zero-order valence-corrected chi connectivity index (χ0v) is 18.7. The summed E-state index contributed by atoms with van der Waals surface area (Å²) < 4.78 is 1.57. The summed E-state index contributed by atoms with van der Waals surface area (Å²) in [5.41, 5.74) is 2.68. The van der Waals surface area contributed by atoms with Gasteiger partial charge in [0, 0.05) is 24.1 Å². The Balaban J connectivity index is 1.17. The highest BCUT2D eigenvalue weighted by Gasteiger charge is 2.53. The topological polar surface area (TPSA) is 63.5 Å². The molecule has 160 valence electrons. The lowest BCUT2D eigenvalue weighted by atomic mass is 9.48. The van der Waals surface area contributed by atoms with Crippen LogP contribution in [0.25, 0.3) is 5.65 Å². The van der Waals surface area contributed by atoms with E-state index in [1.165, 1.54) is 50.3 Å². The second kappa shape index (κ2) is 7.70. The first kappa shape index (κ1) is 20.1. The fourth-order valence-electron chi connectivity index (χ4n) is 6.72. The van der Waals surface area contributed by atoms with Gasteiger partial charge < -0.3 is 5.32 Å². The van der Waals surface area contributed by atoms with Gasteiger partial charge in [-0.25, -0.2) is 4.98 Å². The molecule has 0 unspecified atom stereocenters.